The molecule has 48 heavy (non-hydrogen) atoms. The molecule has 0 aliphatic rings. The van der Waals surface area contributed by atoms with Gasteiger partial charge in [0.15, 0.2) is 0 Å². The summed E-state index contributed by atoms with van der Waals surface area (Å²) >= 11 is 1.87. The molecule has 1 nitrogen and oxygen atoms in total. The lowest BCUT2D eigenvalue weighted by molar-refractivity contribution is 1.29. The summed E-state index contributed by atoms with van der Waals surface area (Å²) in [6, 6.07) is 64.5. The van der Waals surface area contributed by atoms with Crippen molar-refractivity contribution in [1.82, 2.24) is 0 Å². The number of benzene rings is 9. The fourth-order valence-corrected chi connectivity index (χ4v) is 8.60. The lowest BCUT2D eigenvalue weighted by Crippen LogP contribution is -2.09. The topological polar surface area (TPSA) is 3.24 Å². The van der Waals surface area contributed by atoms with E-state index in [1.165, 1.54) is 74.4 Å². The van der Waals surface area contributed by atoms with Gasteiger partial charge in [-0.25, -0.2) is 0 Å². The number of rotatable bonds is 4. The van der Waals surface area contributed by atoms with Gasteiger partial charge in [0.2, 0.25) is 0 Å². The highest BCUT2D eigenvalue weighted by Crippen LogP contribution is 2.42. The number of anilines is 3. The van der Waals surface area contributed by atoms with Gasteiger partial charge in [0, 0.05) is 37.2 Å². The van der Waals surface area contributed by atoms with Gasteiger partial charge in [-0.15, -0.1) is 11.3 Å². The quantitative estimate of drug-likeness (QED) is 0.176. The number of hydrogen-bond acceptors (Lipinski definition) is 2. The molecular weight excluding hydrogens is 599 g/mol. The van der Waals surface area contributed by atoms with Crippen LogP contribution >= 0.6 is 11.3 Å². The Labute approximate surface area is 282 Å². The molecule has 224 valence electrons. The maximum atomic E-state index is 2.36. The zero-order valence-electron chi connectivity index (χ0n) is 26.1. The molecular formula is C46H29NS. The van der Waals surface area contributed by atoms with Gasteiger partial charge < -0.3 is 4.90 Å². The molecule has 0 bridgehead atoms. The molecule has 10 aromatic rings. The van der Waals surface area contributed by atoms with Crippen LogP contribution in [0.2, 0.25) is 0 Å². The Morgan fingerprint density at radius 1 is 0.312 bits per heavy atom. The smallest absolute Gasteiger partial charge is 0.0476 e. The van der Waals surface area contributed by atoms with E-state index in [0.717, 1.165) is 17.1 Å². The van der Waals surface area contributed by atoms with Crippen LogP contribution in [0.1, 0.15) is 0 Å². The first-order valence-electron chi connectivity index (χ1n) is 16.4. The minimum absolute atomic E-state index is 1.13. The average Bonchev–Trinajstić information content (AvgIpc) is 3.50. The Morgan fingerprint density at radius 2 is 0.896 bits per heavy atom. The number of fused-ring (bicyclic) bond motifs is 9. The second-order valence-electron chi connectivity index (χ2n) is 12.6. The largest absolute Gasteiger partial charge is 0.310 e. The highest BCUT2D eigenvalue weighted by atomic mass is 32.1. The van der Waals surface area contributed by atoms with Crippen LogP contribution in [0.25, 0.3) is 74.4 Å². The second kappa shape index (κ2) is 10.8. The first-order valence-corrected chi connectivity index (χ1v) is 17.2. The van der Waals surface area contributed by atoms with Crippen molar-refractivity contribution in [2.24, 2.45) is 0 Å². The fraction of sp³-hybridized carbons (Fsp3) is 0. The average molecular weight is 628 g/mol. The monoisotopic (exact) mass is 627 g/mol. The highest BCUT2D eigenvalue weighted by Gasteiger charge is 2.15. The maximum Gasteiger partial charge on any atom is 0.0476 e. The molecule has 9 aromatic carbocycles. The van der Waals surface area contributed by atoms with Gasteiger partial charge in [0.25, 0.3) is 0 Å². The number of nitrogens with zero attached hydrogens (tertiary/aromatic N) is 1. The molecule has 0 aliphatic carbocycles. The Hall–Kier alpha value is -5.96. The zero-order valence-corrected chi connectivity index (χ0v) is 26.9. The standard InChI is InChI=1S/C46H29NS/c1-2-11-37(12-3-1)47(39-23-25-42-43-27-33-9-4-5-10-34(33)28-44(43)48-45(42)29-39)38-21-18-30(19-22-38)35-20-24-41-36(26-35)17-16-32-15-14-31-8-6-7-13-40(31)46(32)41/h1-29H. The third kappa shape index (κ3) is 4.38. The van der Waals surface area contributed by atoms with E-state index in [1.807, 2.05) is 11.3 Å². The first-order chi connectivity index (χ1) is 23.8. The van der Waals surface area contributed by atoms with E-state index in [2.05, 4.69) is 181 Å². The normalized spacial score (nSPS) is 11.8. The number of thiophene rings is 1. The maximum absolute atomic E-state index is 2.36. The third-order valence-corrected chi connectivity index (χ3v) is 10.9. The van der Waals surface area contributed by atoms with Crippen molar-refractivity contribution in [2.75, 3.05) is 4.90 Å². The molecule has 0 radical (unpaired) electrons. The van der Waals surface area contributed by atoms with Crippen LogP contribution in [-0.4, -0.2) is 0 Å². The van der Waals surface area contributed by atoms with Gasteiger partial charge in [0.1, 0.15) is 0 Å². The van der Waals surface area contributed by atoms with Crippen molar-refractivity contribution in [3.63, 3.8) is 0 Å². The van der Waals surface area contributed by atoms with Crippen molar-refractivity contribution in [2.45, 2.75) is 0 Å². The number of para-hydroxylation sites is 1. The minimum Gasteiger partial charge on any atom is -0.310 e. The Morgan fingerprint density at radius 3 is 1.73 bits per heavy atom. The van der Waals surface area contributed by atoms with E-state index >= 15 is 0 Å². The van der Waals surface area contributed by atoms with Gasteiger partial charge in [-0.1, -0.05) is 121 Å². The molecule has 0 N–H and O–H groups in total. The molecule has 10 rings (SSSR count). The molecule has 0 fully saturated rings. The van der Waals surface area contributed by atoms with E-state index in [4.69, 9.17) is 0 Å². The van der Waals surface area contributed by atoms with E-state index in [-0.39, 0.29) is 0 Å². The summed E-state index contributed by atoms with van der Waals surface area (Å²) in [5.74, 6) is 0. The Bertz CT molecular complexity index is 2830. The molecule has 0 atom stereocenters. The third-order valence-electron chi connectivity index (χ3n) is 9.78. The van der Waals surface area contributed by atoms with Crippen LogP contribution in [-0.2, 0) is 0 Å². The van der Waals surface area contributed by atoms with Gasteiger partial charge >= 0.3 is 0 Å². The van der Waals surface area contributed by atoms with Crippen molar-refractivity contribution in [3.05, 3.63) is 176 Å². The molecule has 2 heteroatoms. The second-order valence-corrected chi connectivity index (χ2v) is 13.7. The molecule has 1 aromatic heterocycles. The summed E-state index contributed by atoms with van der Waals surface area (Å²) < 4.78 is 2.62. The lowest BCUT2D eigenvalue weighted by atomic mass is 9.94. The van der Waals surface area contributed by atoms with Crippen LogP contribution in [0.5, 0.6) is 0 Å². The van der Waals surface area contributed by atoms with E-state index < -0.39 is 0 Å². The summed E-state index contributed by atoms with van der Waals surface area (Å²) in [4.78, 5) is 2.36. The fourth-order valence-electron chi connectivity index (χ4n) is 7.43. The summed E-state index contributed by atoms with van der Waals surface area (Å²) in [6.45, 7) is 0. The molecule has 1 heterocycles. The van der Waals surface area contributed by atoms with Crippen molar-refractivity contribution < 1.29 is 0 Å². The van der Waals surface area contributed by atoms with E-state index in [9.17, 15) is 0 Å². The van der Waals surface area contributed by atoms with Crippen LogP contribution in [0.4, 0.5) is 17.1 Å². The van der Waals surface area contributed by atoms with Gasteiger partial charge in [0.05, 0.1) is 0 Å². The molecule has 0 saturated carbocycles. The van der Waals surface area contributed by atoms with Gasteiger partial charge in [-0.3, -0.25) is 0 Å². The number of hydrogen-bond donors (Lipinski definition) is 0. The van der Waals surface area contributed by atoms with Crippen molar-refractivity contribution in [3.8, 4) is 11.1 Å². The Kier molecular flexibility index (Phi) is 6.12. The zero-order chi connectivity index (χ0) is 31.6. The van der Waals surface area contributed by atoms with E-state index in [0.29, 0.717) is 0 Å². The summed E-state index contributed by atoms with van der Waals surface area (Å²) in [7, 11) is 0. The molecule has 0 aliphatic heterocycles. The summed E-state index contributed by atoms with van der Waals surface area (Å²) in [6.07, 6.45) is 0. The predicted octanol–water partition coefficient (Wildman–Crippen LogP) is 13.8. The Balaban J connectivity index is 1.06. The van der Waals surface area contributed by atoms with Crippen LogP contribution in [0.15, 0.2) is 176 Å². The lowest BCUT2D eigenvalue weighted by Gasteiger charge is -2.25. The SMILES string of the molecule is c1ccc(N(c2ccc(-c3ccc4c(ccc5ccc6ccccc6c54)c3)cc2)c2ccc3c(c2)sc2cc4ccccc4cc23)cc1. The minimum atomic E-state index is 1.13. The van der Waals surface area contributed by atoms with Crippen LogP contribution < -0.4 is 4.90 Å². The van der Waals surface area contributed by atoms with Crippen molar-refractivity contribution in [1.29, 1.82) is 0 Å². The van der Waals surface area contributed by atoms with Gasteiger partial charge in [-0.2, -0.15) is 0 Å². The molecule has 0 unspecified atom stereocenters. The molecule has 0 spiro atoms. The molecule has 0 saturated heterocycles. The molecule has 0 amide bonds. The first kappa shape index (κ1) is 27.2. The highest BCUT2D eigenvalue weighted by molar-refractivity contribution is 7.25. The van der Waals surface area contributed by atoms with Crippen molar-refractivity contribution >= 4 is 91.7 Å². The van der Waals surface area contributed by atoms with Crippen LogP contribution in [0.3, 0.4) is 0 Å². The predicted molar refractivity (Wildman–Crippen MR) is 209 cm³/mol. The van der Waals surface area contributed by atoms with Gasteiger partial charge in [-0.05, 0) is 109 Å². The summed E-state index contributed by atoms with van der Waals surface area (Å²) in [5.41, 5.74) is 5.86. The van der Waals surface area contributed by atoms with Crippen LogP contribution in [0, 0.1) is 0 Å². The van der Waals surface area contributed by atoms with E-state index in [1.54, 1.807) is 0 Å². The summed E-state index contributed by atoms with van der Waals surface area (Å²) in [5, 5.41) is 13.0.